The fraction of sp³-hybridized carbons (Fsp3) is 0.167. The molecule has 0 amide bonds. The van der Waals surface area contributed by atoms with Crippen LogP contribution in [0.3, 0.4) is 0 Å². The number of nitrogens with zero attached hydrogens (tertiary/aromatic N) is 4. The van der Waals surface area contributed by atoms with Crippen molar-refractivity contribution in [2.75, 3.05) is 5.01 Å². The maximum atomic E-state index is 12.6. The first-order valence-corrected chi connectivity index (χ1v) is 8.29. The molecule has 3 aromatic rings. The number of para-hydroxylation sites is 1. The monoisotopic (exact) mass is 355 g/mol. The third kappa shape index (κ3) is 3.70. The second kappa shape index (κ2) is 7.46. The number of rotatable bonds is 5. The summed E-state index contributed by atoms with van der Waals surface area (Å²) in [5.41, 5.74) is 1.10. The molecule has 2 N–H and O–H groups in total. The van der Waals surface area contributed by atoms with Gasteiger partial charge in [-0.2, -0.15) is 9.97 Å². The van der Waals surface area contributed by atoms with Gasteiger partial charge in [-0.25, -0.2) is 15.2 Å². The van der Waals surface area contributed by atoms with E-state index in [2.05, 4.69) is 9.97 Å². The highest BCUT2D eigenvalue weighted by atomic mass is 35.5. The van der Waals surface area contributed by atoms with Crippen LogP contribution in [0.4, 0.5) is 5.95 Å². The normalized spacial score (nSPS) is 10.7. The molecule has 0 aliphatic rings. The van der Waals surface area contributed by atoms with E-state index in [0.717, 1.165) is 5.56 Å². The predicted molar refractivity (Wildman–Crippen MR) is 98.8 cm³/mol. The molecule has 128 valence electrons. The van der Waals surface area contributed by atoms with Crippen LogP contribution in [0.5, 0.6) is 0 Å². The number of benzene rings is 2. The number of hydrazine groups is 1. The summed E-state index contributed by atoms with van der Waals surface area (Å²) in [6.45, 7) is 2.32. The summed E-state index contributed by atoms with van der Waals surface area (Å²) < 4.78 is 1.42. The van der Waals surface area contributed by atoms with Gasteiger partial charge in [-0.1, -0.05) is 61.0 Å². The number of halogens is 1. The van der Waals surface area contributed by atoms with Gasteiger partial charge < -0.3 is 0 Å². The molecule has 0 spiro atoms. The van der Waals surface area contributed by atoms with E-state index in [-0.39, 0.29) is 5.95 Å². The fourth-order valence-electron chi connectivity index (χ4n) is 2.53. The standard InChI is InChI=1S/C18H18ClN5O/c1-2-16-21-17(23(20)12-13-8-4-3-5-9-13)22-18(25)24(16)15-11-7-6-10-14(15)19/h3-11H,2,12,20H2,1H3. The van der Waals surface area contributed by atoms with Gasteiger partial charge in [-0.05, 0) is 17.7 Å². The van der Waals surface area contributed by atoms with Gasteiger partial charge in [-0.15, -0.1) is 0 Å². The van der Waals surface area contributed by atoms with E-state index in [4.69, 9.17) is 17.4 Å². The Labute approximate surface area is 150 Å². The molecule has 7 heteroatoms. The quantitative estimate of drug-likeness (QED) is 0.562. The van der Waals surface area contributed by atoms with Crippen molar-refractivity contribution in [2.45, 2.75) is 19.9 Å². The smallest absolute Gasteiger partial charge is 0.274 e. The number of aromatic nitrogens is 3. The minimum Gasteiger partial charge on any atom is -0.274 e. The molecule has 25 heavy (non-hydrogen) atoms. The van der Waals surface area contributed by atoms with Gasteiger partial charge in [0.05, 0.1) is 17.3 Å². The van der Waals surface area contributed by atoms with Gasteiger partial charge in [-0.3, -0.25) is 5.01 Å². The second-order valence-corrected chi connectivity index (χ2v) is 5.88. The van der Waals surface area contributed by atoms with E-state index < -0.39 is 5.69 Å². The third-order valence-corrected chi connectivity index (χ3v) is 4.06. The van der Waals surface area contributed by atoms with E-state index >= 15 is 0 Å². The molecule has 0 radical (unpaired) electrons. The number of hydrogen-bond acceptors (Lipinski definition) is 5. The Hall–Kier alpha value is -2.70. The molecule has 0 unspecified atom stereocenters. The van der Waals surface area contributed by atoms with Crippen molar-refractivity contribution in [2.24, 2.45) is 5.84 Å². The van der Waals surface area contributed by atoms with Crippen LogP contribution in [0.1, 0.15) is 18.3 Å². The highest BCUT2D eigenvalue weighted by molar-refractivity contribution is 6.32. The first kappa shape index (κ1) is 17.1. The van der Waals surface area contributed by atoms with E-state index in [0.29, 0.717) is 29.5 Å². The van der Waals surface area contributed by atoms with Gasteiger partial charge in [0.25, 0.3) is 0 Å². The molecule has 6 nitrogen and oxygen atoms in total. The van der Waals surface area contributed by atoms with Crippen LogP contribution in [0.2, 0.25) is 5.02 Å². The number of anilines is 1. The minimum absolute atomic E-state index is 0.189. The van der Waals surface area contributed by atoms with Crippen molar-refractivity contribution >= 4 is 17.5 Å². The molecule has 0 atom stereocenters. The Morgan fingerprint density at radius 3 is 2.44 bits per heavy atom. The summed E-state index contributed by atoms with van der Waals surface area (Å²) in [4.78, 5) is 21.1. The number of nitrogens with two attached hydrogens (primary N) is 1. The minimum atomic E-state index is -0.460. The highest BCUT2D eigenvalue weighted by Gasteiger charge is 2.15. The molecule has 0 aliphatic carbocycles. The first-order valence-electron chi connectivity index (χ1n) is 7.91. The Morgan fingerprint density at radius 1 is 1.08 bits per heavy atom. The third-order valence-electron chi connectivity index (χ3n) is 3.74. The molecular formula is C18H18ClN5O. The molecule has 3 rings (SSSR count). The van der Waals surface area contributed by atoms with Gasteiger partial charge in [0.15, 0.2) is 0 Å². The van der Waals surface area contributed by atoms with E-state index in [1.165, 1.54) is 9.58 Å². The van der Waals surface area contributed by atoms with E-state index in [1.807, 2.05) is 43.3 Å². The molecule has 0 bridgehead atoms. The van der Waals surface area contributed by atoms with Crippen LogP contribution in [0.15, 0.2) is 59.4 Å². The second-order valence-electron chi connectivity index (χ2n) is 5.48. The number of hydrogen-bond donors (Lipinski definition) is 1. The Bertz CT molecular complexity index is 926. The average Bonchev–Trinajstić information content (AvgIpc) is 2.62. The van der Waals surface area contributed by atoms with Crippen molar-refractivity contribution in [3.8, 4) is 5.69 Å². The SMILES string of the molecule is CCc1nc(N(N)Cc2ccccc2)nc(=O)n1-c1ccccc1Cl. The molecule has 0 fully saturated rings. The maximum Gasteiger partial charge on any atom is 0.356 e. The summed E-state index contributed by atoms with van der Waals surface area (Å²) in [6.07, 6.45) is 0.537. The highest BCUT2D eigenvalue weighted by Crippen LogP contribution is 2.20. The van der Waals surface area contributed by atoms with Crippen LogP contribution >= 0.6 is 11.6 Å². The molecule has 2 aromatic carbocycles. The molecule has 0 saturated carbocycles. The Kier molecular flexibility index (Phi) is 5.11. The van der Waals surface area contributed by atoms with E-state index in [9.17, 15) is 4.79 Å². The summed E-state index contributed by atoms with van der Waals surface area (Å²) in [5, 5.41) is 1.83. The van der Waals surface area contributed by atoms with Gasteiger partial charge >= 0.3 is 5.69 Å². The van der Waals surface area contributed by atoms with Crippen LogP contribution in [0, 0.1) is 0 Å². The molecular weight excluding hydrogens is 338 g/mol. The molecule has 1 aromatic heterocycles. The van der Waals surface area contributed by atoms with Crippen molar-refractivity contribution < 1.29 is 0 Å². The predicted octanol–water partition coefficient (Wildman–Crippen LogP) is 2.72. The van der Waals surface area contributed by atoms with Crippen molar-refractivity contribution in [3.05, 3.63) is 81.5 Å². The zero-order chi connectivity index (χ0) is 17.8. The van der Waals surface area contributed by atoms with Crippen LogP contribution in [-0.4, -0.2) is 14.5 Å². The molecule has 0 aliphatic heterocycles. The number of aryl methyl sites for hydroxylation is 1. The molecule has 0 saturated heterocycles. The van der Waals surface area contributed by atoms with E-state index in [1.54, 1.807) is 18.2 Å². The lowest BCUT2D eigenvalue weighted by Gasteiger charge is -2.19. The van der Waals surface area contributed by atoms with Crippen LogP contribution in [0.25, 0.3) is 5.69 Å². The maximum absolute atomic E-state index is 12.6. The lowest BCUT2D eigenvalue weighted by Crippen LogP contribution is -2.36. The zero-order valence-corrected chi connectivity index (χ0v) is 14.5. The fourth-order valence-corrected chi connectivity index (χ4v) is 2.75. The topological polar surface area (TPSA) is 77.0 Å². The lowest BCUT2D eigenvalue weighted by atomic mass is 10.2. The Morgan fingerprint density at radius 2 is 1.76 bits per heavy atom. The van der Waals surface area contributed by atoms with Crippen LogP contribution in [-0.2, 0) is 13.0 Å². The lowest BCUT2D eigenvalue weighted by molar-refractivity contribution is 0.722. The Balaban J connectivity index is 2.00. The summed E-state index contributed by atoms with van der Waals surface area (Å²) in [5.74, 6) is 6.81. The molecule has 1 heterocycles. The summed E-state index contributed by atoms with van der Waals surface area (Å²) >= 11 is 6.22. The average molecular weight is 356 g/mol. The van der Waals surface area contributed by atoms with Crippen molar-refractivity contribution in [1.82, 2.24) is 14.5 Å². The zero-order valence-electron chi connectivity index (χ0n) is 13.8. The summed E-state index contributed by atoms with van der Waals surface area (Å²) in [6, 6.07) is 16.8. The van der Waals surface area contributed by atoms with Crippen LogP contribution < -0.4 is 16.5 Å². The van der Waals surface area contributed by atoms with Gasteiger partial charge in [0.2, 0.25) is 5.95 Å². The van der Waals surface area contributed by atoms with Gasteiger partial charge in [0.1, 0.15) is 5.82 Å². The van der Waals surface area contributed by atoms with Crippen molar-refractivity contribution in [1.29, 1.82) is 0 Å². The van der Waals surface area contributed by atoms with Gasteiger partial charge in [0, 0.05) is 6.42 Å². The largest absolute Gasteiger partial charge is 0.356 e. The van der Waals surface area contributed by atoms with Crippen molar-refractivity contribution in [3.63, 3.8) is 0 Å². The summed E-state index contributed by atoms with van der Waals surface area (Å²) in [7, 11) is 0. The first-order chi connectivity index (χ1) is 12.1.